The number of nitrogens with one attached hydrogen (secondary N) is 1. The molecule has 1 aliphatic rings. The van der Waals surface area contributed by atoms with Gasteiger partial charge in [-0.05, 0) is 48.8 Å². The van der Waals surface area contributed by atoms with Gasteiger partial charge in [-0.2, -0.15) is 4.80 Å². The molecule has 0 aliphatic heterocycles. The molecule has 10 heteroatoms. The summed E-state index contributed by atoms with van der Waals surface area (Å²) < 4.78 is 10.5. The maximum absolute atomic E-state index is 13.1. The highest BCUT2D eigenvalue weighted by Gasteiger charge is 2.29. The highest BCUT2D eigenvalue weighted by Crippen LogP contribution is 2.35. The number of hydrogen-bond donors (Lipinski definition) is 1. The van der Waals surface area contributed by atoms with Crippen molar-refractivity contribution in [3.63, 3.8) is 0 Å². The Morgan fingerprint density at radius 1 is 1.03 bits per heavy atom. The van der Waals surface area contributed by atoms with Crippen molar-refractivity contribution in [3.8, 4) is 0 Å². The van der Waals surface area contributed by atoms with Crippen LogP contribution in [0.5, 0.6) is 0 Å². The summed E-state index contributed by atoms with van der Waals surface area (Å²) >= 11 is 0. The average molecular weight is 490 g/mol. The van der Waals surface area contributed by atoms with Crippen molar-refractivity contribution < 1.29 is 23.9 Å². The monoisotopic (exact) mass is 489 g/mol. The Morgan fingerprint density at radius 3 is 2.47 bits per heavy atom. The Kier molecular flexibility index (Phi) is 7.23. The molecule has 1 amide bonds. The summed E-state index contributed by atoms with van der Waals surface area (Å²) in [6, 6.07) is 15.7. The predicted molar refractivity (Wildman–Crippen MR) is 130 cm³/mol. The van der Waals surface area contributed by atoms with E-state index in [9.17, 15) is 14.4 Å². The first kappa shape index (κ1) is 24.8. The first-order valence-corrected chi connectivity index (χ1v) is 11.5. The number of carbonyl (C=O) groups is 3. The zero-order valence-electron chi connectivity index (χ0n) is 20.3. The molecular weight excluding hydrogens is 462 g/mol. The first-order chi connectivity index (χ1) is 17.2. The number of carbonyl (C=O) groups excluding carboxylic acids is 3. The van der Waals surface area contributed by atoms with Crippen LogP contribution < -0.4 is 5.32 Å². The number of Topliss-reactive ketones (excluding diaryl/α,β-unsaturated/α-hetero) is 1. The number of hydrogen-bond acceptors (Lipinski definition) is 8. The molecule has 0 fully saturated rings. The molecule has 186 valence electrons. The molecule has 1 atom stereocenters. The van der Waals surface area contributed by atoms with Crippen LogP contribution in [0.3, 0.4) is 0 Å². The van der Waals surface area contributed by atoms with Gasteiger partial charge < -0.3 is 14.8 Å². The third-order valence-corrected chi connectivity index (χ3v) is 5.23. The van der Waals surface area contributed by atoms with Crippen molar-refractivity contribution in [1.29, 1.82) is 0 Å². The molecule has 0 spiro atoms. The number of tetrazole rings is 1. The van der Waals surface area contributed by atoms with E-state index in [1.165, 1.54) is 0 Å². The van der Waals surface area contributed by atoms with Crippen LogP contribution in [-0.4, -0.2) is 49.7 Å². The number of alkyl carbamates (subject to hydrolysis) is 1. The minimum Gasteiger partial charge on any atom is -0.460 e. The van der Waals surface area contributed by atoms with Gasteiger partial charge in [-0.3, -0.25) is 9.59 Å². The molecule has 1 aromatic heterocycles. The largest absolute Gasteiger partial charge is 0.460 e. The van der Waals surface area contributed by atoms with E-state index in [0.29, 0.717) is 5.82 Å². The number of fused-ring (bicyclic) bond motifs is 1. The zero-order valence-corrected chi connectivity index (χ0v) is 20.3. The predicted octanol–water partition coefficient (Wildman–Crippen LogP) is 3.17. The number of rotatable bonds is 9. The van der Waals surface area contributed by atoms with E-state index in [1.54, 1.807) is 32.9 Å². The van der Waals surface area contributed by atoms with E-state index in [4.69, 9.17) is 9.47 Å². The van der Waals surface area contributed by atoms with Crippen molar-refractivity contribution in [2.24, 2.45) is 0 Å². The van der Waals surface area contributed by atoms with Gasteiger partial charge in [0.05, 0.1) is 6.42 Å². The SMILES string of the molecule is CC(C)(C)OC(=O)CC(NC(=O)OCc1ccccc1)C(=O)Cn1nnc(C2=Cc3ccccc32)n1. The number of ketones is 1. The molecule has 1 heterocycles. The Balaban J connectivity index is 1.41. The standard InChI is InChI=1S/C26H27N5O5/c1-26(2,3)36-23(33)14-21(27-25(34)35-16-17-9-5-4-6-10-17)22(32)15-31-29-24(28-30-31)20-13-18-11-7-8-12-19(18)20/h4-13,21H,14-16H2,1-3H3,(H,27,34). The minimum absolute atomic E-state index is 0.0185. The first-order valence-electron chi connectivity index (χ1n) is 11.5. The lowest BCUT2D eigenvalue weighted by Gasteiger charge is -2.22. The summed E-state index contributed by atoms with van der Waals surface area (Å²) in [6.07, 6.45) is 0.745. The highest BCUT2D eigenvalue weighted by atomic mass is 16.6. The molecule has 0 bridgehead atoms. The Hall–Kier alpha value is -4.34. The van der Waals surface area contributed by atoms with Crippen LogP contribution in [0.15, 0.2) is 54.6 Å². The normalized spacial score (nSPS) is 13.0. The van der Waals surface area contributed by atoms with Crippen LogP contribution >= 0.6 is 0 Å². The van der Waals surface area contributed by atoms with Gasteiger partial charge in [-0.15, -0.1) is 10.2 Å². The average Bonchev–Trinajstić information content (AvgIpc) is 3.25. The smallest absolute Gasteiger partial charge is 0.408 e. The number of aromatic nitrogens is 4. The summed E-state index contributed by atoms with van der Waals surface area (Å²) in [5, 5.41) is 14.8. The third-order valence-electron chi connectivity index (χ3n) is 5.23. The van der Waals surface area contributed by atoms with Crippen LogP contribution in [0.4, 0.5) is 4.79 Å². The summed E-state index contributed by atoms with van der Waals surface area (Å²) in [4.78, 5) is 39.0. The van der Waals surface area contributed by atoms with Crippen molar-refractivity contribution in [2.45, 2.75) is 52.0 Å². The molecule has 0 saturated heterocycles. The van der Waals surface area contributed by atoms with Crippen LogP contribution in [0.1, 0.15) is 49.7 Å². The number of amides is 1. The second-order valence-electron chi connectivity index (χ2n) is 9.30. The van der Waals surface area contributed by atoms with E-state index in [1.807, 2.05) is 48.5 Å². The fraction of sp³-hybridized carbons (Fsp3) is 0.308. The Bertz CT molecular complexity index is 1290. The maximum atomic E-state index is 13.1. The molecular formula is C26H27N5O5. The summed E-state index contributed by atoms with van der Waals surface area (Å²) in [6.45, 7) is 4.88. The topological polar surface area (TPSA) is 125 Å². The van der Waals surface area contributed by atoms with E-state index in [-0.39, 0.29) is 19.6 Å². The summed E-state index contributed by atoms with van der Waals surface area (Å²) in [5.74, 6) is -0.738. The molecule has 4 rings (SSSR count). The minimum atomic E-state index is -1.19. The van der Waals surface area contributed by atoms with E-state index in [0.717, 1.165) is 27.1 Å². The number of benzene rings is 2. The van der Waals surface area contributed by atoms with Crippen LogP contribution in [0.25, 0.3) is 11.6 Å². The van der Waals surface area contributed by atoms with Gasteiger partial charge >= 0.3 is 12.1 Å². The summed E-state index contributed by atoms with van der Waals surface area (Å²) in [5.41, 5.74) is 2.96. The van der Waals surface area contributed by atoms with E-state index in [2.05, 4.69) is 20.7 Å². The van der Waals surface area contributed by atoms with E-state index < -0.39 is 29.5 Å². The van der Waals surface area contributed by atoms with Crippen molar-refractivity contribution in [2.75, 3.05) is 0 Å². The summed E-state index contributed by atoms with van der Waals surface area (Å²) in [7, 11) is 0. The van der Waals surface area contributed by atoms with Gasteiger partial charge in [0, 0.05) is 5.57 Å². The molecule has 2 aromatic carbocycles. The van der Waals surface area contributed by atoms with E-state index >= 15 is 0 Å². The quantitative estimate of drug-likeness (QED) is 0.356. The molecule has 1 N–H and O–H groups in total. The number of ether oxygens (including phenoxy) is 2. The molecule has 0 saturated carbocycles. The molecule has 36 heavy (non-hydrogen) atoms. The van der Waals surface area contributed by atoms with Crippen molar-refractivity contribution in [1.82, 2.24) is 25.5 Å². The second kappa shape index (κ2) is 10.5. The fourth-order valence-corrected chi connectivity index (χ4v) is 3.58. The second-order valence-corrected chi connectivity index (χ2v) is 9.30. The van der Waals surface area contributed by atoms with Gasteiger partial charge in [-0.25, -0.2) is 4.79 Å². The lowest BCUT2D eigenvalue weighted by Crippen LogP contribution is -2.45. The molecule has 1 unspecified atom stereocenters. The van der Waals surface area contributed by atoms with Gasteiger partial charge in [0.2, 0.25) is 5.82 Å². The van der Waals surface area contributed by atoms with Crippen LogP contribution in [-0.2, 0) is 32.2 Å². The molecule has 1 aliphatic carbocycles. The zero-order chi connectivity index (χ0) is 25.7. The third kappa shape index (κ3) is 6.41. The van der Waals surface area contributed by atoms with Gasteiger partial charge in [0.1, 0.15) is 24.8 Å². The van der Waals surface area contributed by atoms with Crippen molar-refractivity contribution in [3.05, 3.63) is 77.1 Å². The Labute approximate surface area is 208 Å². The molecule has 3 aromatic rings. The van der Waals surface area contributed by atoms with Crippen molar-refractivity contribution >= 4 is 29.5 Å². The van der Waals surface area contributed by atoms with Gasteiger partial charge in [0.25, 0.3) is 0 Å². The maximum Gasteiger partial charge on any atom is 0.408 e. The van der Waals surface area contributed by atoms with Crippen LogP contribution in [0, 0.1) is 0 Å². The van der Waals surface area contributed by atoms with Gasteiger partial charge in [0.15, 0.2) is 5.78 Å². The van der Waals surface area contributed by atoms with Crippen LogP contribution in [0.2, 0.25) is 0 Å². The molecule has 10 nitrogen and oxygen atoms in total. The fourth-order valence-electron chi connectivity index (χ4n) is 3.58. The number of nitrogens with zero attached hydrogens (tertiary/aromatic N) is 4. The highest BCUT2D eigenvalue weighted by molar-refractivity contribution is 6.01. The number of esters is 1. The molecule has 0 radical (unpaired) electrons. The lowest BCUT2D eigenvalue weighted by atomic mass is 9.88. The van der Waals surface area contributed by atoms with Gasteiger partial charge in [-0.1, -0.05) is 54.6 Å². The lowest BCUT2D eigenvalue weighted by molar-refractivity contribution is -0.156. The Morgan fingerprint density at radius 2 is 1.75 bits per heavy atom.